The summed E-state index contributed by atoms with van der Waals surface area (Å²) in [5.41, 5.74) is 5.82. The quantitative estimate of drug-likeness (QED) is 0.471. The van der Waals surface area contributed by atoms with E-state index in [-0.39, 0.29) is 5.91 Å². The zero-order valence-corrected chi connectivity index (χ0v) is 16.1. The van der Waals surface area contributed by atoms with Crippen LogP contribution in [0.3, 0.4) is 0 Å². The van der Waals surface area contributed by atoms with Crippen molar-refractivity contribution in [1.29, 1.82) is 0 Å². The highest BCUT2D eigenvalue weighted by Crippen LogP contribution is 2.32. The van der Waals surface area contributed by atoms with Crippen molar-refractivity contribution < 1.29 is 4.79 Å². The topological polar surface area (TPSA) is 42.0 Å². The Kier molecular flexibility index (Phi) is 4.73. The number of hydrogen-bond acceptors (Lipinski definition) is 3. The van der Waals surface area contributed by atoms with E-state index >= 15 is 0 Å². The fourth-order valence-corrected chi connectivity index (χ4v) is 3.98. The van der Waals surface area contributed by atoms with E-state index in [1.165, 1.54) is 10.3 Å². The summed E-state index contributed by atoms with van der Waals surface area (Å²) in [5, 5.41) is 4.01. The second kappa shape index (κ2) is 7.33. The highest BCUT2D eigenvalue weighted by atomic mass is 32.1. The Morgan fingerprint density at radius 1 is 1.04 bits per heavy atom. The van der Waals surface area contributed by atoms with Gasteiger partial charge in [-0.2, -0.15) is 0 Å². The van der Waals surface area contributed by atoms with Gasteiger partial charge in [-0.25, -0.2) is 4.98 Å². The zero-order chi connectivity index (χ0) is 18.8. The van der Waals surface area contributed by atoms with Crippen molar-refractivity contribution in [2.24, 2.45) is 0 Å². The molecule has 0 aliphatic heterocycles. The summed E-state index contributed by atoms with van der Waals surface area (Å²) in [6, 6.07) is 21.9. The van der Waals surface area contributed by atoms with E-state index in [0.717, 1.165) is 33.8 Å². The molecule has 4 heteroatoms. The number of para-hydroxylation sites is 1. The predicted octanol–water partition coefficient (Wildman–Crippen LogP) is 6.09. The van der Waals surface area contributed by atoms with Gasteiger partial charge in [0.25, 0.3) is 5.91 Å². The molecule has 0 saturated carbocycles. The molecule has 0 aliphatic rings. The molecular weight excluding hydrogens is 352 g/mol. The molecule has 134 valence electrons. The number of nitrogens with one attached hydrogen (secondary N) is 1. The third-order valence-corrected chi connectivity index (χ3v) is 5.73. The summed E-state index contributed by atoms with van der Waals surface area (Å²) in [7, 11) is 0. The highest BCUT2D eigenvalue weighted by Gasteiger charge is 2.11. The Morgan fingerprint density at radius 2 is 1.81 bits per heavy atom. The third kappa shape index (κ3) is 3.62. The molecule has 0 unspecified atom stereocenters. The van der Waals surface area contributed by atoms with Gasteiger partial charge in [0.1, 0.15) is 5.01 Å². The van der Waals surface area contributed by atoms with Gasteiger partial charge in [-0.15, -0.1) is 11.3 Å². The van der Waals surface area contributed by atoms with E-state index in [9.17, 15) is 4.79 Å². The smallest absolute Gasteiger partial charge is 0.255 e. The number of nitrogens with zero attached hydrogens (tertiary/aromatic N) is 1. The first-order valence-corrected chi connectivity index (χ1v) is 9.82. The number of thiazole rings is 1. The Bertz CT molecular complexity index is 1080. The van der Waals surface area contributed by atoms with Crippen LogP contribution < -0.4 is 5.32 Å². The van der Waals surface area contributed by atoms with Crippen LogP contribution in [0.5, 0.6) is 0 Å². The second-order valence-electron chi connectivity index (χ2n) is 6.52. The molecule has 1 N–H and O–H groups in total. The van der Waals surface area contributed by atoms with Gasteiger partial charge in [0, 0.05) is 16.8 Å². The molecule has 0 fully saturated rings. The molecule has 4 aromatic rings. The van der Waals surface area contributed by atoms with Gasteiger partial charge in [-0.3, -0.25) is 4.79 Å². The van der Waals surface area contributed by atoms with Crippen LogP contribution in [0, 0.1) is 6.92 Å². The number of aromatic nitrogens is 1. The van der Waals surface area contributed by atoms with Crippen LogP contribution in [0.15, 0.2) is 66.7 Å². The van der Waals surface area contributed by atoms with Crippen molar-refractivity contribution in [1.82, 2.24) is 4.98 Å². The molecule has 4 rings (SSSR count). The van der Waals surface area contributed by atoms with Gasteiger partial charge in [-0.1, -0.05) is 31.2 Å². The average Bonchev–Trinajstić information content (AvgIpc) is 3.14. The number of carbonyl (C=O) groups is 1. The van der Waals surface area contributed by atoms with Crippen molar-refractivity contribution in [3.8, 4) is 10.6 Å². The largest absolute Gasteiger partial charge is 0.322 e. The molecule has 1 aromatic heterocycles. The van der Waals surface area contributed by atoms with E-state index in [0.29, 0.717) is 5.56 Å². The summed E-state index contributed by atoms with van der Waals surface area (Å²) < 4.78 is 1.18. The number of rotatable bonds is 4. The maximum atomic E-state index is 12.5. The second-order valence-corrected chi connectivity index (χ2v) is 7.55. The van der Waals surface area contributed by atoms with Gasteiger partial charge in [0.05, 0.1) is 10.2 Å². The zero-order valence-electron chi connectivity index (χ0n) is 15.3. The van der Waals surface area contributed by atoms with E-state index < -0.39 is 0 Å². The number of amides is 1. The van der Waals surface area contributed by atoms with Gasteiger partial charge >= 0.3 is 0 Å². The minimum atomic E-state index is -0.0894. The van der Waals surface area contributed by atoms with E-state index in [1.54, 1.807) is 11.3 Å². The molecule has 0 spiro atoms. The van der Waals surface area contributed by atoms with Crippen molar-refractivity contribution in [3.05, 3.63) is 83.4 Å². The number of fused-ring (bicyclic) bond motifs is 1. The van der Waals surface area contributed by atoms with Crippen molar-refractivity contribution >= 4 is 33.1 Å². The van der Waals surface area contributed by atoms with Crippen molar-refractivity contribution in [2.45, 2.75) is 20.3 Å². The molecule has 3 aromatic carbocycles. The Hall–Kier alpha value is -2.98. The van der Waals surface area contributed by atoms with Crippen LogP contribution in [0.1, 0.15) is 28.4 Å². The number of aryl methyl sites for hydroxylation is 2. The number of benzene rings is 3. The summed E-state index contributed by atoms with van der Waals surface area (Å²) in [4.78, 5) is 17.2. The van der Waals surface area contributed by atoms with E-state index in [2.05, 4.69) is 24.4 Å². The molecule has 0 saturated heterocycles. The normalized spacial score (nSPS) is 10.9. The third-order valence-electron chi connectivity index (χ3n) is 4.64. The Balaban J connectivity index is 1.56. The monoisotopic (exact) mass is 372 g/mol. The lowest BCUT2D eigenvalue weighted by molar-refractivity contribution is 0.102. The summed E-state index contributed by atoms with van der Waals surface area (Å²) in [6.45, 7) is 4.11. The minimum absolute atomic E-state index is 0.0894. The molecule has 1 amide bonds. The van der Waals surface area contributed by atoms with Gasteiger partial charge < -0.3 is 5.32 Å². The first kappa shape index (κ1) is 17.4. The standard InChI is InChI=1S/C23H20N2OS/c1-3-16-8-10-17(11-9-16)22(26)24-19-13-12-18(14-15(19)2)23-25-20-6-4-5-7-21(20)27-23/h4-14H,3H2,1-2H3,(H,24,26). The van der Waals surface area contributed by atoms with E-state index in [1.807, 2.05) is 61.5 Å². The van der Waals surface area contributed by atoms with Crippen LogP contribution in [-0.2, 0) is 6.42 Å². The molecule has 3 nitrogen and oxygen atoms in total. The lowest BCUT2D eigenvalue weighted by atomic mass is 10.1. The summed E-state index contributed by atoms with van der Waals surface area (Å²) >= 11 is 1.68. The highest BCUT2D eigenvalue weighted by molar-refractivity contribution is 7.21. The van der Waals surface area contributed by atoms with Crippen LogP contribution in [0.2, 0.25) is 0 Å². The molecule has 0 aliphatic carbocycles. The fourth-order valence-electron chi connectivity index (χ4n) is 3.02. The van der Waals surface area contributed by atoms with Gasteiger partial charge in [0.2, 0.25) is 0 Å². The number of hydrogen-bond donors (Lipinski definition) is 1. The summed E-state index contributed by atoms with van der Waals surface area (Å²) in [5.74, 6) is -0.0894. The molecule has 0 atom stereocenters. The number of carbonyl (C=O) groups excluding carboxylic acids is 1. The van der Waals surface area contributed by atoms with Crippen LogP contribution in [0.25, 0.3) is 20.8 Å². The van der Waals surface area contributed by atoms with E-state index in [4.69, 9.17) is 4.98 Å². The average molecular weight is 372 g/mol. The molecule has 27 heavy (non-hydrogen) atoms. The number of anilines is 1. The maximum Gasteiger partial charge on any atom is 0.255 e. The fraction of sp³-hybridized carbons (Fsp3) is 0.130. The Labute approximate surface area is 162 Å². The van der Waals surface area contributed by atoms with Crippen molar-refractivity contribution in [3.63, 3.8) is 0 Å². The van der Waals surface area contributed by atoms with Crippen LogP contribution >= 0.6 is 11.3 Å². The SMILES string of the molecule is CCc1ccc(C(=O)Nc2ccc(-c3nc4ccccc4s3)cc2C)cc1. The molecule has 0 radical (unpaired) electrons. The maximum absolute atomic E-state index is 12.5. The summed E-state index contributed by atoms with van der Waals surface area (Å²) in [6.07, 6.45) is 0.967. The first-order valence-electron chi connectivity index (χ1n) is 9.01. The van der Waals surface area contributed by atoms with Crippen LogP contribution in [-0.4, -0.2) is 10.9 Å². The Morgan fingerprint density at radius 3 is 2.52 bits per heavy atom. The van der Waals surface area contributed by atoms with Gasteiger partial charge in [0.15, 0.2) is 0 Å². The van der Waals surface area contributed by atoms with Gasteiger partial charge in [-0.05, 0) is 66.9 Å². The molecule has 0 bridgehead atoms. The molecular formula is C23H20N2OS. The first-order chi connectivity index (χ1) is 13.1. The molecule has 1 heterocycles. The lowest BCUT2D eigenvalue weighted by Gasteiger charge is -2.10. The predicted molar refractivity (Wildman–Crippen MR) is 114 cm³/mol. The lowest BCUT2D eigenvalue weighted by Crippen LogP contribution is -2.12. The van der Waals surface area contributed by atoms with Crippen molar-refractivity contribution in [2.75, 3.05) is 5.32 Å². The van der Waals surface area contributed by atoms with Crippen LogP contribution in [0.4, 0.5) is 5.69 Å². The minimum Gasteiger partial charge on any atom is -0.322 e.